The third-order valence-corrected chi connectivity index (χ3v) is 3.40. The summed E-state index contributed by atoms with van der Waals surface area (Å²) in [6, 6.07) is 9.90. The number of aromatic nitrogens is 1. The van der Waals surface area contributed by atoms with Gasteiger partial charge in [0, 0.05) is 12.7 Å². The number of nitrogens with two attached hydrogens (primary N) is 1. The first-order valence-corrected chi connectivity index (χ1v) is 7.03. The minimum atomic E-state index is 0.121. The average Bonchev–Trinajstić information content (AvgIpc) is 2.45. The summed E-state index contributed by atoms with van der Waals surface area (Å²) in [6.07, 6.45) is 1.92. The summed E-state index contributed by atoms with van der Waals surface area (Å²) in [5.74, 6) is 1.56. The molecule has 1 heterocycles. The van der Waals surface area contributed by atoms with E-state index in [1.54, 1.807) is 7.11 Å². The molecule has 0 aliphatic heterocycles. The lowest BCUT2D eigenvalue weighted by Gasteiger charge is -2.18. The molecule has 0 spiro atoms. The second-order valence-corrected chi connectivity index (χ2v) is 6.11. The molecule has 4 nitrogen and oxygen atoms in total. The molecule has 0 aliphatic rings. The molecule has 0 aliphatic carbocycles. The van der Waals surface area contributed by atoms with Crippen LogP contribution >= 0.6 is 0 Å². The number of nitrogen functional groups attached to an aromatic ring is 1. The fourth-order valence-corrected chi connectivity index (χ4v) is 2.03. The Morgan fingerprint density at radius 2 is 1.95 bits per heavy atom. The van der Waals surface area contributed by atoms with E-state index in [2.05, 4.69) is 37.1 Å². The Hall–Kier alpha value is -2.23. The molecule has 2 rings (SSSR count). The van der Waals surface area contributed by atoms with E-state index >= 15 is 0 Å². The van der Waals surface area contributed by atoms with E-state index in [1.807, 2.05) is 30.5 Å². The summed E-state index contributed by atoms with van der Waals surface area (Å²) in [6.45, 7) is 7.21. The van der Waals surface area contributed by atoms with Crippen LogP contribution < -0.4 is 15.8 Å². The van der Waals surface area contributed by atoms with Gasteiger partial charge in [-0.25, -0.2) is 4.98 Å². The number of nitrogens with one attached hydrogen (secondary N) is 1. The summed E-state index contributed by atoms with van der Waals surface area (Å²) in [5, 5.41) is 3.30. The van der Waals surface area contributed by atoms with Crippen LogP contribution in [0.3, 0.4) is 0 Å². The normalized spacial score (nSPS) is 11.2. The van der Waals surface area contributed by atoms with Gasteiger partial charge in [-0.1, -0.05) is 32.9 Å². The molecule has 1 aromatic heterocycles. The monoisotopic (exact) mass is 285 g/mol. The SMILES string of the molecule is COc1ccc(CNc2ccc(C(C)(C)C)cn2)cc1N. The Kier molecular flexibility index (Phi) is 4.36. The molecular weight excluding hydrogens is 262 g/mol. The lowest BCUT2D eigenvalue weighted by molar-refractivity contribution is 0.417. The highest BCUT2D eigenvalue weighted by Crippen LogP contribution is 2.23. The van der Waals surface area contributed by atoms with Gasteiger partial charge >= 0.3 is 0 Å². The Labute approximate surface area is 126 Å². The maximum Gasteiger partial charge on any atom is 0.141 e. The molecule has 0 unspecified atom stereocenters. The summed E-state index contributed by atoms with van der Waals surface area (Å²) >= 11 is 0. The third kappa shape index (κ3) is 3.88. The molecule has 112 valence electrons. The van der Waals surface area contributed by atoms with Crippen molar-refractivity contribution >= 4 is 11.5 Å². The third-order valence-electron chi connectivity index (χ3n) is 3.40. The van der Waals surface area contributed by atoms with Crippen molar-refractivity contribution in [3.05, 3.63) is 47.7 Å². The van der Waals surface area contributed by atoms with E-state index in [9.17, 15) is 0 Å². The zero-order chi connectivity index (χ0) is 15.5. The van der Waals surface area contributed by atoms with Crippen molar-refractivity contribution in [1.29, 1.82) is 0 Å². The van der Waals surface area contributed by atoms with Crippen molar-refractivity contribution in [3.8, 4) is 5.75 Å². The molecule has 0 saturated heterocycles. The largest absolute Gasteiger partial charge is 0.495 e. The van der Waals surface area contributed by atoms with Gasteiger partial charge in [-0.15, -0.1) is 0 Å². The second-order valence-electron chi connectivity index (χ2n) is 6.11. The van der Waals surface area contributed by atoms with Crippen LogP contribution in [-0.4, -0.2) is 12.1 Å². The van der Waals surface area contributed by atoms with Crippen molar-refractivity contribution in [3.63, 3.8) is 0 Å². The van der Waals surface area contributed by atoms with Crippen molar-refractivity contribution in [2.45, 2.75) is 32.7 Å². The highest BCUT2D eigenvalue weighted by Gasteiger charge is 2.13. The Morgan fingerprint density at radius 3 is 2.48 bits per heavy atom. The first kappa shape index (κ1) is 15.2. The fraction of sp³-hybridized carbons (Fsp3) is 0.353. The standard InChI is InChI=1S/C17H23N3O/c1-17(2,3)13-6-8-16(20-11-13)19-10-12-5-7-15(21-4)14(18)9-12/h5-9,11H,10,18H2,1-4H3,(H,19,20). The van der Waals surface area contributed by atoms with E-state index in [1.165, 1.54) is 5.56 Å². The number of anilines is 2. The molecule has 2 aromatic rings. The fourth-order valence-electron chi connectivity index (χ4n) is 2.03. The first-order chi connectivity index (χ1) is 9.90. The Balaban J connectivity index is 2.01. The summed E-state index contributed by atoms with van der Waals surface area (Å²) in [7, 11) is 1.62. The van der Waals surface area contributed by atoms with Crippen molar-refractivity contribution in [1.82, 2.24) is 4.98 Å². The van der Waals surface area contributed by atoms with E-state index in [0.29, 0.717) is 18.0 Å². The van der Waals surface area contributed by atoms with E-state index in [-0.39, 0.29) is 5.41 Å². The lowest BCUT2D eigenvalue weighted by atomic mass is 9.88. The van der Waals surface area contributed by atoms with E-state index in [4.69, 9.17) is 10.5 Å². The number of hydrogen-bond acceptors (Lipinski definition) is 4. The molecule has 21 heavy (non-hydrogen) atoms. The maximum atomic E-state index is 5.90. The Bertz CT molecular complexity index is 600. The highest BCUT2D eigenvalue weighted by molar-refractivity contribution is 5.54. The minimum Gasteiger partial charge on any atom is -0.495 e. The zero-order valence-electron chi connectivity index (χ0n) is 13.1. The molecule has 0 amide bonds. The van der Waals surface area contributed by atoms with Gasteiger partial charge in [-0.3, -0.25) is 0 Å². The van der Waals surface area contributed by atoms with Crippen LogP contribution in [0.1, 0.15) is 31.9 Å². The maximum absolute atomic E-state index is 5.90. The van der Waals surface area contributed by atoms with Crippen LogP contribution in [0.25, 0.3) is 0 Å². The quantitative estimate of drug-likeness (QED) is 0.843. The molecule has 0 radical (unpaired) electrons. The predicted molar refractivity (Wildman–Crippen MR) is 87.7 cm³/mol. The van der Waals surface area contributed by atoms with Crippen LogP contribution in [0.4, 0.5) is 11.5 Å². The average molecular weight is 285 g/mol. The number of rotatable bonds is 4. The zero-order valence-corrected chi connectivity index (χ0v) is 13.1. The smallest absolute Gasteiger partial charge is 0.141 e. The van der Waals surface area contributed by atoms with Gasteiger partial charge in [-0.2, -0.15) is 0 Å². The van der Waals surface area contributed by atoms with Crippen LogP contribution in [0.2, 0.25) is 0 Å². The number of hydrogen-bond donors (Lipinski definition) is 2. The highest BCUT2D eigenvalue weighted by atomic mass is 16.5. The van der Waals surface area contributed by atoms with Gasteiger partial charge in [-0.05, 0) is 34.7 Å². The lowest BCUT2D eigenvalue weighted by Crippen LogP contribution is -2.11. The summed E-state index contributed by atoms with van der Waals surface area (Å²) in [4.78, 5) is 4.45. The van der Waals surface area contributed by atoms with Gasteiger partial charge in [0.1, 0.15) is 11.6 Å². The molecule has 0 saturated carbocycles. The van der Waals surface area contributed by atoms with Gasteiger partial charge in [0.15, 0.2) is 0 Å². The number of ether oxygens (including phenoxy) is 1. The molecule has 0 fully saturated rings. The molecular formula is C17H23N3O. The van der Waals surface area contributed by atoms with Crippen molar-refractivity contribution in [2.75, 3.05) is 18.2 Å². The molecule has 3 N–H and O–H groups in total. The molecule has 1 aromatic carbocycles. The first-order valence-electron chi connectivity index (χ1n) is 7.03. The van der Waals surface area contributed by atoms with Crippen molar-refractivity contribution < 1.29 is 4.74 Å². The van der Waals surface area contributed by atoms with Gasteiger partial charge in [0.25, 0.3) is 0 Å². The van der Waals surface area contributed by atoms with Crippen LogP contribution in [0.5, 0.6) is 5.75 Å². The summed E-state index contributed by atoms with van der Waals surface area (Å²) in [5.41, 5.74) is 8.98. The predicted octanol–water partition coefficient (Wildman–Crippen LogP) is 3.58. The van der Waals surface area contributed by atoms with Gasteiger partial charge < -0.3 is 15.8 Å². The van der Waals surface area contributed by atoms with Crippen LogP contribution in [0, 0.1) is 0 Å². The number of methoxy groups -OCH3 is 1. The molecule has 0 bridgehead atoms. The van der Waals surface area contributed by atoms with Crippen LogP contribution in [0.15, 0.2) is 36.5 Å². The van der Waals surface area contributed by atoms with Gasteiger partial charge in [0.2, 0.25) is 0 Å². The molecule has 4 heteroatoms. The molecule has 0 atom stereocenters. The number of nitrogens with zero attached hydrogens (tertiary/aromatic N) is 1. The minimum absolute atomic E-state index is 0.121. The van der Waals surface area contributed by atoms with E-state index < -0.39 is 0 Å². The van der Waals surface area contributed by atoms with Crippen molar-refractivity contribution in [2.24, 2.45) is 0 Å². The number of pyridine rings is 1. The van der Waals surface area contributed by atoms with Crippen LogP contribution in [-0.2, 0) is 12.0 Å². The Morgan fingerprint density at radius 1 is 1.19 bits per heavy atom. The van der Waals surface area contributed by atoms with E-state index in [0.717, 1.165) is 11.4 Å². The second kappa shape index (κ2) is 6.04. The van der Waals surface area contributed by atoms with Gasteiger partial charge in [0.05, 0.1) is 12.8 Å². The summed E-state index contributed by atoms with van der Waals surface area (Å²) < 4.78 is 5.15. The number of benzene rings is 1. The topological polar surface area (TPSA) is 60.2 Å².